The zero-order chi connectivity index (χ0) is 18.5. The van der Waals surface area contributed by atoms with Crippen LogP contribution in [0.2, 0.25) is 0 Å². The molecule has 0 saturated carbocycles. The summed E-state index contributed by atoms with van der Waals surface area (Å²) in [5, 5.41) is 11.6. The van der Waals surface area contributed by atoms with Gasteiger partial charge in [0.05, 0.1) is 17.2 Å². The fourth-order valence-corrected chi connectivity index (χ4v) is 3.05. The van der Waals surface area contributed by atoms with Crippen molar-refractivity contribution in [2.75, 3.05) is 5.32 Å². The number of anilines is 1. The molecule has 5 heteroatoms. The van der Waals surface area contributed by atoms with Crippen molar-refractivity contribution in [1.29, 1.82) is 5.26 Å². The molecule has 0 spiro atoms. The van der Waals surface area contributed by atoms with Crippen molar-refractivity contribution in [3.8, 4) is 6.07 Å². The molecule has 2 aromatic rings. The number of carbonyl (C=O) groups is 2. The highest BCUT2D eigenvalue weighted by molar-refractivity contribution is 5.97. The SMILES string of the molecule is C[C@@H](OC(=O)c1ccc2c(c1)CCCC2)C(=O)Nc1cccc(C#N)c1. The van der Waals surface area contributed by atoms with Crippen LogP contribution in [0.25, 0.3) is 0 Å². The van der Waals surface area contributed by atoms with Gasteiger partial charge < -0.3 is 10.1 Å². The predicted molar refractivity (Wildman–Crippen MR) is 97.7 cm³/mol. The van der Waals surface area contributed by atoms with Crippen LogP contribution in [0.5, 0.6) is 0 Å². The van der Waals surface area contributed by atoms with Gasteiger partial charge in [0.25, 0.3) is 5.91 Å². The lowest BCUT2D eigenvalue weighted by Gasteiger charge is -2.17. The molecule has 2 aromatic carbocycles. The van der Waals surface area contributed by atoms with E-state index in [1.165, 1.54) is 24.5 Å². The van der Waals surface area contributed by atoms with Crippen molar-refractivity contribution in [2.45, 2.75) is 38.7 Å². The minimum atomic E-state index is -0.940. The minimum Gasteiger partial charge on any atom is -0.449 e. The van der Waals surface area contributed by atoms with Crippen LogP contribution in [0, 0.1) is 11.3 Å². The zero-order valence-electron chi connectivity index (χ0n) is 14.6. The molecule has 5 nitrogen and oxygen atoms in total. The second kappa shape index (κ2) is 7.83. The maximum absolute atomic E-state index is 12.4. The summed E-state index contributed by atoms with van der Waals surface area (Å²) in [7, 11) is 0. The highest BCUT2D eigenvalue weighted by Gasteiger charge is 2.20. The third-order valence-corrected chi connectivity index (χ3v) is 4.50. The van der Waals surface area contributed by atoms with Gasteiger partial charge in [0.15, 0.2) is 6.10 Å². The van der Waals surface area contributed by atoms with Crippen LogP contribution in [0.1, 0.15) is 46.8 Å². The fourth-order valence-electron chi connectivity index (χ4n) is 3.05. The first-order chi connectivity index (χ1) is 12.6. The zero-order valence-corrected chi connectivity index (χ0v) is 14.6. The van der Waals surface area contributed by atoms with Gasteiger partial charge in [-0.3, -0.25) is 4.79 Å². The average molecular weight is 348 g/mol. The largest absolute Gasteiger partial charge is 0.449 e. The van der Waals surface area contributed by atoms with E-state index < -0.39 is 18.0 Å². The molecule has 0 radical (unpaired) electrons. The number of benzene rings is 2. The van der Waals surface area contributed by atoms with Crippen LogP contribution in [-0.4, -0.2) is 18.0 Å². The summed E-state index contributed by atoms with van der Waals surface area (Å²) in [6, 6.07) is 14.2. The van der Waals surface area contributed by atoms with Crippen LogP contribution in [-0.2, 0) is 22.4 Å². The molecule has 0 bridgehead atoms. The van der Waals surface area contributed by atoms with E-state index in [9.17, 15) is 9.59 Å². The first-order valence-electron chi connectivity index (χ1n) is 8.70. The number of ether oxygens (including phenoxy) is 1. The molecule has 26 heavy (non-hydrogen) atoms. The number of hydrogen-bond acceptors (Lipinski definition) is 4. The van der Waals surface area contributed by atoms with E-state index in [2.05, 4.69) is 5.32 Å². The van der Waals surface area contributed by atoms with E-state index in [-0.39, 0.29) is 0 Å². The van der Waals surface area contributed by atoms with Gasteiger partial charge in [-0.25, -0.2) is 4.79 Å². The number of rotatable bonds is 4. The van der Waals surface area contributed by atoms with Crippen molar-refractivity contribution < 1.29 is 14.3 Å². The Morgan fingerprint density at radius 1 is 1.12 bits per heavy atom. The second-order valence-corrected chi connectivity index (χ2v) is 6.42. The number of esters is 1. The van der Waals surface area contributed by atoms with Gasteiger partial charge in [-0.15, -0.1) is 0 Å². The second-order valence-electron chi connectivity index (χ2n) is 6.42. The lowest BCUT2D eigenvalue weighted by Crippen LogP contribution is -2.30. The van der Waals surface area contributed by atoms with Crippen LogP contribution < -0.4 is 5.32 Å². The van der Waals surface area contributed by atoms with Gasteiger partial charge in [0, 0.05) is 5.69 Å². The van der Waals surface area contributed by atoms with E-state index in [0.29, 0.717) is 16.8 Å². The Bertz CT molecular complexity index is 883. The molecule has 0 saturated heterocycles. The lowest BCUT2D eigenvalue weighted by molar-refractivity contribution is -0.123. The minimum absolute atomic E-state index is 0.439. The average Bonchev–Trinajstić information content (AvgIpc) is 2.67. The normalized spacial score (nSPS) is 13.8. The van der Waals surface area contributed by atoms with Crippen LogP contribution in [0.15, 0.2) is 42.5 Å². The highest BCUT2D eigenvalue weighted by Crippen LogP contribution is 2.22. The number of nitrogens with zero attached hydrogens (tertiary/aromatic N) is 1. The summed E-state index contributed by atoms with van der Waals surface area (Å²) in [5.41, 5.74) is 3.89. The molecule has 0 aliphatic heterocycles. The number of aryl methyl sites for hydroxylation is 2. The summed E-state index contributed by atoms with van der Waals surface area (Å²) in [5.74, 6) is -0.946. The molecule has 1 aliphatic rings. The van der Waals surface area contributed by atoms with E-state index in [0.717, 1.165) is 19.3 Å². The molecular weight excluding hydrogens is 328 g/mol. The van der Waals surface area contributed by atoms with Crippen LogP contribution in [0.4, 0.5) is 5.69 Å². The lowest BCUT2D eigenvalue weighted by atomic mass is 9.90. The molecule has 0 aromatic heterocycles. The van der Waals surface area contributed by atoms with Gasteiger partial charge in [-0.1, -0.05) is 12.1 Å². The number of carbonyl (C=O) groups excluding carboxylic acids is 2. The van der Waals surface area contributed by atoms with E-state index in [4.69, 9.17) is 10.00 Å². The Hall–Kier alpha value is -3.13. The Balaban J connectivity index is 1.63. The number of hydrogen-bond donors (Lipinski definition) is 1. The Kier molecular flexibility index (Phi) is 5.33. The molecule has 1 amide bonds. The molecule has 132 valence electrons. The van der Waals surface area contributed by atoms with E-state index in [1.807, 2.05) is 18.2 Å². The van der Waals surface area contributed by atoms with Gasteiger partial charge in [0.1, 0.15) is 0 Å². The summed E-state index contributed by atoms with van der Waals surface area (Å²) in [6.07, 6.45) is 3.39. The monoisotopic (exact) mass is 348 g/mol. The molecule has 1 N–H and O–H groups in total. The topological polar surface area (TPSA) is 79.2 Å². The molecule has 0 heterocycles. The molecule has 3 rings (SSSR count). The first kappa shape index (κ1) is 17.7. The van der Waals surface area contributed by atoms with Crippen LogP contribution >= 0.6 is 0 Å². The molecule has 1 aliphatic carbocycles. The van der Waals surface area contributed by atoms with Gasteiger partial charge >= 0.3 is 5.97 Å². The first-order valence-corrected chi connectivity index (χ1v) is 8.70. The fraction of sp³-hybridized carbons (Fsp3) is 0.286. The number of nitrogens with one attached hydrogen (secondary N) is 1. The Labute approximate surface area is 152 Å². The summed E-state index contributed by atoms with van der Waals surface area (Å²) < 4.78 is 5.30. The molecule has 1 atom stereocenters. The standard InChI is InChI=1S/C21H20N2O3/c1-14(20(24)23-19-8-4-5-15(11-19)13-22)26-21(25)18-10-9-16-6-2-3-7-17(16)12-18/h4-5,8-12,14H,2-3,6-7H2,1H3,(H,23,24)/t14-/m1/s1. The number of nitriles is 1. The van der Waals surface area contributed by atoms with Crippen molar-refractivity contribution in [3.63, 3.8) is 0 Å². The maximum Gasteiger partial charge on any atom is 0.338 e. The summed E-state index contributed by atoms with van der Waals surface area (Å²) in [6.45, 7) is 1.53. The quantitative estimate of drug-likeness (QED) is 0.856. The molecular formula is C21H20N2O3. The third kappa shape index (κ3) is 4.09. The predicted octanol–water partition coefficient (Wildman–Crippen LogP) is 3.62. The smallest absolute Gasteiger partial charge is 0.338 e. The van der Waals surface area contributed by atoms with Gasteiger partial charge in [-0.2, -0.15) is 5.26 Å². The highest BCUT2D eigenvalue weighted by atomic mass is 16.5. The Morgan fingerprint density at radius 3 is 2.65 bits per heavy atom. The third-order valence-electron chi connectivity index (χ3n) is 4.50. The van der Waals surface area contributed by atoms with E-state index in [1.54, 1.807) is 30.3 Å². The number of fused-ring (bicyclic) bond motifs is 1. The van der Waals surface area contributed by atoms with Crippen LogP contribution in [0.3, 0.4) is 0 Å². The van der Waals surface area contributed by atoms with Crippen molar-refractivity contribution in [3.05, 3.63) is 64.7 Å². The molecule has 0 unspecified atom stereocenters. The van der Waals surface area contributed by atoms with Crippen molar-refractivity contribution >= 4 is 17.6 Å². The summed E-state index contributed by atoms with van der Waals surface area (Å²) >= 11 is 0. The maximum atomic E-state index is 12.4. The number of amides is 1. The Morgan fingerprint density at radius 2 is 1.88 bits per heavy atom. The van der Waals surface area contributed by atoms with Gasteiger partial charge in [-0.05, 0) is 74.1 Å². The van der Waals surface area contributed by atoms with Crippen molar-refractivity contribution in [2.24, 2.45) is 0 Å². The van der Waals surface area contributed by atoms with Gasteiger partial charge in [0.2, 0.25) is 0 Å². The molecule has 0 fully saturated rings. The van der Waals surface area contributed by atoms with E-state index >= 15 is 0 Å². The summed E-state index contributed by atoms with van der Waals surface area (Å²) in [4.78, 5) is 24.6. The van der Waals surface area contributed by atoms with Crippen molar-refractivity contribution in [1.82, 2.24) is 0 Å².